The molecule has 0 spiro atoms. The number of carbonyl (C=O) groups is 1. The van der Waals surface area contributed by atoms with Crippen molar-refractivity contribution in [1.82, 2.24) is 9.62 Å². The van der Waals surface area contributed by atoms with Gasteiger partial charge in [-0.3, -0.25) is 4.79 Å². The van der Waals surface area contributed by atoms with Crippen LogP contribution in [0.2, 0.25) is 0 Å². The second-order valence-corrected chi connectivity index (χ2v) is 8.48. The van der Waals surface area contributed by atoms with Gasteiger partial charge in [-0.05, 0) is 43.4 Å². The van der Waals surface area contributed by atoms with Crippen molar-refractivity contribution in [2.45, 2.75) is 44.4 Å². The Kier molecular flexibility index (Phi) is 6.34. The van der Waals surface area contributed by atoms with E-state index in [-0.39, 0.29) is 10.5 Å². The van der Waals surface area contributed by atoms with Crippen molar-refractivity contribution in [3.8, 4) is 0 Å². The van der Waals surface area contributed by atoms with Crippen molar-refractivity contribution in [3.63, 3.8) is 0 Å². The molecule has 7 heteroatoms. The molecular weight excluding hydrogens is 331 g/mol. The molecule has 1 N–H and O–H groups in total. The summed E-state index contributed by atoms with van der Waals surface area (Å²) in [6.45, 7) is 5.42. The maximum Gasteiger partial charge on any atom is 0.254 e. The second kappa shape index (κ2) is 8.07. The summed E-state index contributed by atoms with van der Waals surface area (Å²) < 4.78 is 40.7. The number of piperidine rings is 1. The molecule has 0 atom stereocenters. The van der Waals surface area contributed by atoms with Gasteiger partial charge in [0.15, 0.2) is 0 Å². The number of hydrogen-bond donors (Lipinski definition) is 1. The summed E-state index contributed by atoms with van der Waals surface area (Å²) in [6.07, 6.45) is 3.43. The molecule has 0 bridgehead atoms. The van der Waals surface area contributed by atoms with E-state index in [0.717, 1.165) is 37.8 Å². The number of hydrogen-bond acceptors (Lipinski definition) is 3. The molecule has 1 aliphatic rings. The van der Waals surface area contributed by atoms with E-state index in [4.69, 9.17) is 0 Å². The SMILES string of the molecule is CC(C)CCNC(=O)c1cc(S(=O)(=O)N2CCCCC2)ccc1F. The summed E-state index contributed by atoms with van der Waals surface area (Å²) in [6, 6.07) is 3.42. The molecule has 0 saturated carbocycles. The summed E-state index contributed by atoms with van der Waals surface area (Å²) >= 11 is 0. The molecular formula is C17H25FN2O3S. The molecule has 0 radical (unpaired) electrons. The first-order chi connectivity index (χ1) is 11.3. The van der Waals surface area contributed by atoms with E-state index in [1.807, 2.05) is 13.8 Å². The maximum absolute atomic E-state index is 14.0. The van der Waals surface area contributed by atoms with E-state index in [0.29, 0.717) is 25.6 Å². The molecule has 1 aliphatic heterocycles. The van der Waals surface area contributed by atoms with Gasteiger partial charge >= 0.3 is 0 Å². The topological polar surface area (TPSA) is 66.5 Å². The fourth-order valence-corrected chi connectivity index (χ4v) is 4.21. The van der Waals surface area contributed by atoms with Crippen LogP contribution < -0.4 is 5.32 Å². The van der Waals surface area contributed by atoms with Gasteiger partial charge < -0.3 is 5.32 Å². The Morgan fingerprint density at radius 2 is 1.92 bits per heavy atom. The number of benzene rings is 1. The first-order valence-electron chi connectivity index (χ1n) is 8.40. The van der Waals surface area contributed by atoms with Crippen LogP contribution in [0.15, 0.2) is 23.1 Å². The molecule has 2 rings (SSSR count). The van der Waals surface area contributed by atoms with Gasteiger partial charge in [0.1, 0.15) is 5.82 Å². The molecule has 1 aromatic carbocycles. The van der Waals surface area contributed by atoms with Crippen molar-refractivity contribution in [2.75, 3.05) is 19.6 Å². The van der Waals surface area contributed by atoms with Gasteiger partial charge in [0.2, 0.25) is 10.0 Å². The van der Waals surface area contributed by atoms with E-state index < -0.39 is 21.7 Å². The lowest BCUT2D eigenvalue weighted by atomic mass is 10.1. The van der Waals surface area contributed by atoms with Crippen LogP contribution in [0.3, 0.4) is 0 Å². The van der Waals surface area contributed by atoms with Gasteiger partial charge in [-0.15, -0.1) is 0 Å². The van der Waals surface area contributed by atoms with Crippen LogP contribution in [0.5, 0.6) is 0 Å². The van der Waals surface area contributed by atoms with Crippen molar-refractivity contribution in [1.29, 1.82) is 0 Å². The highest BCUT2D eigenvalue weighted by Gasteiger charge is 2.27. The number of halogens is 1. The molecule has 24 heavy (non-hydrogen) atoms. The average Bonchev–Trinajstić information content (AvgIpc) is 2.55. The van der Waals surface area contributed by atoms with Crippen molar-refractivity contribution in [2.24, 2.45) is 5.92 Å². The highest BCUT2D eigenvalue weighted by Crippen LogP contribution is 2.22. The Balaban J connectivity index is 2.19. The van der Waals surface area contributed by atoms with Gasteiger partial charge in [0.05, 0.1) is 10.5 Å². The third kappa shape index (κ3) is 4.54. The van der Waals surface area contributed by atoms with Crippen molar-refractivity contribution < 1.29 is 17.6 Å². The summed E-state index contributed by atoms with van der Waals surface area (Å²) in [4.78, 5) is 12.1. The largest absolute Gasteiger partial charge is 0.352 e. The average molecular weight is 356 g/mol. The van der Waals surface area contributed by atoms with Gasteiger partial charge in [0.25, 0.3) is 5.91 Å². The van der Waals surface area contributed by atoms with Crippen LogP contribution in [-0.4, -0.2) is 38.3 Å². The summed E-state index contributed by atoms with van der Waals surface area (Å²) in [5.74, 6) is -0.876. The van der Waals surface area contributed by atoms with Gasteiger partial charge in [-0.1, -0.05) is 20.3 Å². The second-order valence-electron chi connectivity index (χ2n) is 6.54. The van der Waals surface area contributed by atoms with Crippen LogP contribution in [0.25, 0.3) is 0 Å². The molecule has 0 unspecified atom stereocenters. The highest BCUT2D eigenvalue weighted by atomic mass is 32.2. The van der Waals surface area contributed by atoms with Crippen LogP contribution >= 0.6 is 0 Å². The Bertz CT molecular complexity index is 683. The number of nitrogens with one attached hydrogen (secondary N) is 1. The van der Waals surface area contributed by atoms with E-state index >= 15 is 0 Å². The van der Waals surface area contributed by atoms with Crippen LogP contribution in [0.4, 0.5) is 4.39 Å². The quantitative estimate of drug-likeness (QED) is 0.852. The lowest BCUT2D eigenvalue weighted by molar-refractivity contribution is 0.0947. The molecule has 1 heterocycles. The summed E-state index contributed by atoms with van der Waals surface area (Å²) in [5, 5.41) is 2.64. The maximum atomic E-state index is 14.0. The summed E-state index contributed by atoms with van der Waals surface area (Å²) in [5.41, 5.74) is -0.225. The monoisotopic (exact) mass is 356 g/mol. The van der Waals surface area contributed by atoms with E-state index in [9.17, 15) is 17.6 Å². The molecule has 1 saturated heterocycles. The van der Waals surface area contributed by atoms with Gasteiger partial charge in [-0.2, -0.15) is 4.31 Å². The first kappa shape index (κ1) is 18.9. The molecule has 0 aliphatic carbocycles. The van der Waals surface area contributed by atoms with Gasteiger partial charge in [-0.25, -0.2) is 12.8 Å². The number of carbonyl (C=O) groups excluding carboxylic acids is 1. The molecule has 5 nitrogen and oxygen atoms in total. The summed E-state index contributed by atoms with van der Waals surface area (Å²) in [7, 11) is -3.68. The van der Waals surface area contributed by atoms with Crippen LogP contribution in [0.1, 0.15) is 49.9 Å². The molecule has 1 fully saturated rings. The van der Waals surface area contributed by atoms with Crippen molar-refractivity contribution in [3.05, 3.63) is 29.6 Å². The van der Waals surface area contributed by atoms with E-state index in [2.05, 4.69) is 5.32 Å². The molecule has 134 valence electrons. The standard InChI is InChI=1S/C17H25FN2O3S/c1-13(2)8-9-19-17(21)15-12-14(6-7-16(15)18)24(22,23)20-10-4-3-5-11-20/h6-7,12-13H,3-5,8-11H2,1-2H3,(H,19,21). The van der Waals surface area contributed by atoms with Crippen LogP contribution in [-0.2, 0) is 10.0 Å². The smallest absolute Gasteiger partial charge is 0.254 e. The van der Waals surface area contributed by atoms with Gasteiger partial charge in [0, 0.05) is 19.6 Å². The fourth-order valence-electron chi connectivity index (χ4n) is 2.66. The minimum atomic E-state index is -3.68. The highest BCUT2D eigenvalue weighted by molar-refractivity contribution is 7.89. The van der Waals surface area contributed by atoms with Crippen LogP contribution in [0, 0.1) is 11.7 Å². The Hall–Kier alpha value is -1.47. The zero-order valence-electron chi connectivity index (χ0n) is 14.2. The predicted molar refractivity (Wildman–Crippen MR) is 90.8 cm³/mol. The number of amides is 1. The fraction of sp³-hybridized carbons (Fsp3) is 0.588. The molecule has 1 amide bonds. The van der Waals surface area contributed by atoms with Crippen molar-refractivity contribution >= 4 is 15.9 Å². The number of sulfonamides is 1. The minimum absolute atomic E-state index is 0.0280. The Labute approximate surface area is 143 Å². The predicted octanol–water partition coefficient (Wildman–Crippen LogP) is 2.78. The molecule has 1 aromatic rings. The first-order valence-corrected chi connectivity index (χ1v) is 9.84. The Morgan fingerprint density at radius 1 is 1.25 bits per heavy atom. The Morgan fingerprint density at radius 3 is 2.54 bits per heavy atom. The lowest BCUT2D eigenvalue weighted by Gasteiger charge is -2.26. The lowest BCUT2D eigenvalue weighted by Crippen LogP contribution is -2.35. The van der Waals surface area contributed by atoms with E-state index in [1.165, 1.54) is 10.4 Å². The van der Waals surface area contributed by atoms with E-state index in [1.54, 1.807) is 0 Å². The normalized spacial score (nSPS) is 16.3. The zero-order chi connectivity index (χ0) is 17.7. The molecule has 0 aromatic heterocycles. The minimum Gasteiger partial charge on any atom is -0.352 e. The number of nitrogens with zero attached hydrogens (tertiary/aromatic N) is 1. The third-order valence-electron chi connectivity index (χ3n) is 4.14. The zero-order valence-corrected chi connectivity index (χ0v) is 15.0. The number of rotatable bonds is 6. The third-order valence-corrected chi connectivity index (χ3v) is 6.04.